The van der Waals surface area contributed by atoms with Crippen molar-refractivity contribution in [3.8, 4) is 0 Å². The van der Waals surface area contributed by atoms with Gasteiger partial charge >= 0.3 is 0 Å². The normalized spacial score (nSPS) is 18.4. The van der Waals surface area contributed by atoms with Gasteiger partial charge in [0.1, 0.15) is 4.88 Å². The molecule has 116 valence electrons. The van der Waals surface area contributed by atoms with Crippen molar-refractivity contribution in [3.05, 3.63) is 52.0 Å². The predicted octanol–water partition coefficient (Wildman–Crippen LogP) is 4.08. The first-order valence-corrected chi connectivity index (χ1v) is 8.83. The highest BCUT2D eigenvalue weighted by atomic mass is 32.1. The Morgan fingerprint density at radius 3 is 2.86 bits per heavy atom. The van der Waals surface area contributed by atoms with Gasteiger partial charge in [0.25, 0.3) is 5.91 Å². The monoisotopic (exact) mass is 314 g/mol. The van der Waals surface area contributed by atoms with Gasteiger partial charge in [-0.05, 0) is 44.6 Å². The van der Waals surface area contributed by atoms with Crippen molar-refractivity contribution in [2.24, 2.45) is 0 Å². The van der Waals surface area contributed by atoms with Crippen molar-refractivity contribution in [1.82, 2.24) is 9.88 Å². The van der Waals surface area contributed by atoms with E-state index in [2.05, 4.69) is 34.1 Å². The molecule has 2 heterocycles. The largest absolute Gasteiger partial charge is 0.335 e. The van der Waals surface area contributed by atoms with Crippen molar-refractivity contribution in [2.45, 2.75) is 45.1 Å². The molecule has 1 fully saturated rings. The predicted molar refractivity (Wildman–Crippen MR) is 90.3 cm³/mol. The molecule has 0 radical (unpaired) electrons. The van der Waals surface area contributed by atoms with Gasteiger partial charge in [0, 0.05) is 12.6 Å². The summed E-state index contributed by atoms with van der Waals surface area (Å²) in [6.45, 7) is 2.83. The Labute approximate surface area is 136 Å². The number of nitrogens with zero attached hydrogens (tertiary/aromatic N) is 2. The topological polar surface area (TPSA) is 33.2 Å². The zero-order chi connectivity index (χ0) is 15.4. The first-order valence-electron chi connectivity index (χ1n) is 8.01. The molecule has 0 unspecified atom stereocenters. The summed E-state index contributed by atoms with van der Waals surface area (Å²) in [6.07, 6.45) is 7.28. The van der Waals surface area contributed by atoms with E-state index in [9.17, 15) is 4.79 Å². The lowest BCUT2D eigenvalue weighted by molar-refractivity contribution is 0.0606. The average molecular weight is 314 g/mol. The van der Waals surface area contributed by atoms with E-state index >= 15 is 0 Å². The molecule has 0 N–H and O–H groups in total. The van der Waals surface area contributed by atoms with Gasteiger partial charge in [-0.15, -0.1) is 11.3 Å². The van der Waals surface area contributed by atoms with Crippen LogP contribution >= 0.6 is 11.3 Å². The smallest absolute Gasteiger partial charge is 0.265 e. The minimum absolute atomic E-state index is 0.170. The number of piperidine rings is 1. The molecule has 3 nitrogen and oxygen atoms in total. The van der Waals surface area contributed by atoms with E-state index in [1.807, 2.05) is 13.0 Å². The molecule has 1 aromatic carbocycles. The maximum Gasteiger partial charge on any atom is 0.265 e. The third-order valence-electron chi connectivity index (χ3n) is 4.33. The minimum atomic E-state index is 0.170. The number of likely N-dealkylation sites (tertiary alicyclic amines) is 1. The Morgan fingerprint density at radius 2 is 2.14 bits per heavy atom. The standard InChI is InChI=1S/C18H22N2OS/c1-14-19-13-17(22-14)18(21)20-12-6-5-9-16(20)11-10-15-7-3-2-4-8-15/h2-4,7-8,13,16H,5-6,9-12H2,1H3/t16-/m0/s1. The second kappa shape index (κ2) is 7.05. The molecule has 1 amide bonds. The number of hydrogen-bond donors (Lipinski definition) is 0. The lowest BCUT2D eigenvalue weighted by atomic mass is 9.95. The van der Waals surface area contributed by atoms with Gasteiger partial charge in [0.15, 0.2) is 0 Å². The van der Waals surface area contributed by atoms with Crippen molar-refractivity contribution in [1.29, 1.82) is 0 Å². The van der Waals surface area contributed by atoms with E-state index in [0.717, 1.165) is 42.1 Å². The molecular formula is C18H22N2OS. The number of thiazole rings is 1. The molecule has 1 aliphatic heterocycles. The number of rotatable bonds is 4. The van der Waals surface area contributed by atoms with Crippen molar-refractivity contribution in [3.63, 3.8) is 0 Å². The van der Waals surface area contributed by atoms with Crippen LogP contribution in [0.4, 0.5) is 0 Å². The van der Waals surface area contributed by atoms with Crippen molar-refractivity contribution < 1.29 is 4.79 Å². The van der Waals surface area contributed by atoms with E-state index in [1.54, 1.807) is 6.20 Å². The van der Waals surface area contributed by atoms with Crippen LogP contribution in [0.15, 0.2) is 36.5 Å². The summed E-state index contributed by atoms with van der Waals surface area (Å²) in [6, 6.07) is 10.9. The maximum absolute atomic E-state index is 12.7. The van der Waals surface area contributed by atoms with Gasteiger partial charge in [-0.1, -0.05) is 30.3 Å². The molecule has 0 spiro atoms. The van der Waals surface area contributed by atoms with Crippen LogP contribution in [0, 0.1) is 6.92 Å². The molecule has 2 aromatic rings. The molecular weight excluding hydrogens is 292 g/mol. The van der Waals surface area contributed by atoms with E-state index in [0.29, 0.717) is 6.04 Å². The molecule has 0 saturated carbocycles. The number of benzene rings is 1. The summed E-state index contributed by atoms with van der Waals surface area (Å²) in [5.74, 6) is 0.170. The van der Waals surface area contributed by atoms with Crippen LogP contribution in [0.3, 0.4) is 0 Å². The fraction of sp³-hybridized carbons (Fsp3) is 0.444. The number of amides is 1. The molecule has 1 aliphatic rings. The second-order valence-electron chi connectivity index (χ2n) is 5.92. The molecule has 0 bridgehead atoms. The molecule has 1 atom stereocenters. The summed E-state index contributed by atoms with van der Waals surface area (Å²) in [4.78, 5) is 19.8. The average Bonchev–Trinajstić information content (AvgIpc) is 3.00. The van der Waals surface area contributed by atoms with E-state index in [1.165, 1.54) is 23.3 Å². The van der Waals surface area contributed by atoms with Gasteiger partial charge in [-0.3, -0.25) is 4.79 Å². The Hall–Kier alpha value is -1.68. The lowest BCUT2D eigenvalue weighted by Gasteiger charge is -2.35. The third-order valence-corrected chi connectivity index (χ3v) is 5.23. The highest BCUT2D eigenvalue weighted by Gasteiger charge is 2.28. The quantitative estimate of drug-likeness (QED) is 0.852. The first kappa shape index (κ1) is 15.2. The van der Waals surface area contributed by atoms with Gasteiger partial charge in [0.05, 0.1) is 11.2 Å². The number of aromatic nitrogens is 1. The number of hydrogen-bond acceptors (Lipinski definition) is 3. The SMILES string of the molecule is Cc1ncc(C(=O)N2CCCC[C@H]2CCc2ccccc2)s1. The molecule has 4 heteroatoms. The number of aryl methyl sites for hydroxylation is 2. The summed E-state index contributed by atoms with van der Waals surface area (Å²) >= 11 is 1.50. The van der Waals surface area contributed by atoms with Crippen LogP contribution in [0.5, 0.6) is 0 Å². The molecule has 1 aromatic heterocycles. The minimum Gasteiger partial charge on any atom is -0.335 e. The lowest BCUT2D eigenvalue weighted by Crippen LogP contribution is -2.43. The van der Waals surface area contributed by atoms with Crippen LogP contribution in [0.1, 0.15) is 45.9 Å². The molecule has 3 rings (SSSR count). The van der Waals surface area contributed by atoms with Crippen LogP contribution in [-0.4, -0.2) is 28.4 Å². The number of carbonyl (C=O) groups excluding carboxylic acids is 1. The summed E-state index contributed by atoms with van der Waals surface area (Å²) in [5.41, 5.74) is 1.36. The summed E-state index contributed by atoms with van der Waals surface area (Å²) < 4.78 is 0. The second-order valence-corrected chi connectivity index (χ2v) is 7.15. The van der Waals surface area contributed by atoms with E-state index in [4.69, 9.17) is 0 Å². The Morgan fingerprint density at radius 1 is 1.32 bits per heavy atom. The van der Waals surface area contributed by atoms with Crippen molar-refractivity contribution in [2.75, 3.05) is 6.54 Å². The van der Waals surface area contributed by atoms with Gasteiger partial charge in [-0.25, -0.2) is 4.98 Å². The molecule has 22 heavy (non-hydrogen) atoms. The summed E-state index contributed by atoms with van der Waals surface area (Å²) in [7, 11) is 0. The Bertz CT molecular complexity index is 623. The highest BCUT2D eigenvalue weighted by molar-refractivity contribution is 7.13. The van der Waals surface area contributed by atoms with Crippen LogP contribution < -0.4 is 0 Å². The Kier molecular flexibility index (Phi) is 4.88. The summed E-state index contributed by atoms with van der Waals surface area (Å²) in [5, 5.41) is 0.959. The fourth-order valence-electron chi connectivity index (χ4n) is 3.15. The zero-order valence-electron chi connectivity index (χ0n) is 13.0. The molecule has 1 saturated heterocycles. The fourth-order valence-corrected chi connectivity index (χ4v) is 3.88. The van der Waals surface area contributed by atoms with Crippen LogP contribution in [0.2, 0.25) is 0 Å². The van der Waals surface area contributed by atoms with E-state index in [-0.39, 0.29) is 5.91 Å². The van der Waals surface area contributed by atoms with Crippen LogP contribution in [-0.2, 0) is 6.42 Å². The Balaban J connectivity index is 1.67. The van der Waals surface area contributed by atoms with Crippen molar-refractivity contribution >= 4 is 17.2 Å². The maximum atomic E-state index is 12.7. The zero-order valence-corrected chi connectivity index (χ0v) is 13.8. The number of carbonyl (C=O) groups is 1. The van der Waals surface area contributed by atoms with E-state index < -0.39 is 0 Å². The third kappa shape index (κ3) is 3.55. The molecule has 0 aliphatic carbocycles. The van der Waals surface area contributed by atoms with Crippen LogP contribution in [0.25, 0.3) is 0 Å². The first-order chi connectivity index (χ1) is 10.7. The van der Waals surface area contributed by atoms with Gasteiger partial charge in [-0.2, -0.15) is 0 Å². The van der Waals surface area contributed by atoms with Gasteiger partial charge in [0.2, 0.25) is 0 Å². The van der Waals surface area contributed by atoms with Gasteiger partial charge < -0.3 is 4.90 Å². The highest BCUT2D eigenvalue weighted by Crippen LogP contribution is 2.25.